The van der Waals surface area contributed by atoms with Crippen LogP contribution in [0.3, 0.4) is 0 Å². The highest BCUT2D eigenvalue weighted by molar-refractivity contribution is 7.05. The highest BCUT2D eigenvalue weighted by Gasteiger charge is 2.33. The van der Waals surface area contributed by atoms with Crippen LogP contribution in [-0.2, 0) is 6.54 Å². The fourth-order valence-electron chi connectivity index (χ4n) is 2.82. The van der Waals surface area contributed by atoms with Gasteiger partial charge in [0.1, 0.15) is 23.8 Å². The summed E-state index contributed by atoms with van der Waals surface area (Å²) in [5, 5.41) is 17.9. The van der Waals surface area contributed by atoms with Crippen molar-refractivity contribution in [2.75, 3.05) is 0 Å². The summed E-state index contributed by atoms with van der Waals surface area (Å²) >= 11 is 1.37. The highest BCUT2D eigenvalue weighted by atomic mass is 32.1. The van der Waals surface area contributed by atoms with Crippen LogP contribution in [0, 0.1) is 12.7 Å². The molecular formula is C16H20FN3O2S. The summed E-state index contributed by atoms with van der Waals surface area (Å²) in [6.07, 6.45) is 1.77. The lowest BCUT2D eigenvalue weighted by molar-refractivity contribution is -0.0157. The van der Waals surface area contributed by atoms with Gasteiger partial charge in [0, 0.05) is 12.6 Å². The number of nitrogens with zero attached hydrogens (tertiary/aromatic N) is 2. The quantitative estimate of drug-likeness (QED) is 0.877. The second kappa shape index (κ2) is 7.33. The molecule has 23 heavy (non-hydrogen) atoms. The minimum atomic E-state index is -0.602. The molecule has 3 atom stereocenters. The number of nitrogens with one attached hydrogen (secondary N) is 1. The van der Waals surface area contributed by atoms with Gasteiger partial charge >= 0.3 is 0 Å². The van der Waals surface area contributed by atoms with Gasteiger partial charge < -0.3 is 15.2 Å². The molecule has 1 aliphatic rings. The molecule has 1 heterocycles. The van der Waals surface area contributed by atoms with Crippen LogP contribution in [0.2, 0.25) is 0 Å². The van der Waals surface area contributed by atoms with Gasteiger partial charge in [-0.05, 0) is 62.0 Å². The molecule has 3 rings (SSSR count). The maximum atomic E-state index is 12.9. The van der Waals surface area contributed by atoms with E-state index < -0.39 is 6.10 Å². The van der Waals surface area contributed by atoms with Crippen LogP contribution in [0.1, 0.15) is 29.8 Å². The summed E-state index contributed by atoms with van der Waals surface area (Å²) < 4.78 is 22.7. The van der Waals surface area contributed by atoms with E-state index in [1.165, 1.54) is 23.7 Å². The number of aryl methyl sites for hydroxylation is 1. The average molecular weight is 337 g/mol. The molecule has 0 radical (unpaired) electrons. The molecule has 0 unspecified atom stereocenters. The second-order valence-corrected chi connectivity index (χ2v) is 6.64. The molecule has 1 fully saturated rings. The van der Waals surface area contributed by atoms with E-state index >= 15 is 0 Å². The van der Waals surface area contributed by atoms with Crippen LogP contribution in [-0.4, -0.2) is 32.9 Å². The zero-order chi connectivity index (χ0) is 16.2. The highest BCUT2D eigenvalue weighted by Crippen LogP contribution is 2.25. The van der Waals surface area contributed by atoms with Crippen LogP contribution in [0.5, 0.6) is 5.75 Å². The van der Waals surface area contributed by atoms with Crippen molar-refractivity contribution in [3.05, 3.63) is 40.7 Å². The van der Waals surface area contributed by atoms with E-state index in [0.29, 0.717) is 12.3 Å². The molecule has 0 saturated heterocycles. The molecule has 1 aromatic heterocycles. The Labute approximate surface area is 138 Å². The third kappa shape index (κ3) is 4.04. The van der Waals surface area contributed by atoms with Crippen molar-refractivity contribution in [2.24, 2.45) is 0 Å². The van der Waals surface area contributed by atoms with Gasteiger partial charge in [-0.15, -0.1) is 5.10 Å². The Bertz CT molecular complexity index is 635. The second-order valence-electron chi connectivity index (χ2n) is 5.80. The Morgan fingerprint density at radius 1 is 1.35 bits per heavy atom. The summed E-state index contributed by atoms with van der Waals surface area (Å²) in [5.74, 6) is 0.285. The number of aliphatic hydroxyl groups is 1. The molecule has 2 N–H and O–H groups in total. The Balaban J connectivity index is 1.58. The van der Waals surface area contributed by atoms with Gasteiger partial charge in [0.05, 0.1) is 10.6 Å². The third-order valence-corrected chi connectivity index (χ3v) is 4.99. The zero-order valence-electron chi connectivity index (χ0n) is 12.9. The minimum Gasteiger partial charge on any atom is -0.488 e. The average Bonchev–Trinajstić information content (AvgIpc) is 2.95. The van der Waals surface area contributed by atoms with Gasteiger partial charge in [-0.2, -0.15) is 0 Å². The van der Waals surface area contributed by atoms with Crippen molar-refractivity contribution >= 4 is 11.5 Å². The Morgan fingerprint density at radius 2 is 2.13 bits per heavy atom. The summed E-state index contributed by atoms with van der Waals surface area (Å²) in [4.78, 5) is 1.08. The van der Waals surface area contributed by atoms with E-state index in [1.54, 1.807) is 12.1 Å². The van der Waals surface area contributed by atoms with Gasteiger partial charge in [0.2, 0.25) is 0 Å². The first-order valence-corrected chi connectivity index (χ1v) is 8.52. The Hall–Kier alpha value is -1.57. The first-order chi connectivity index (χ1) is 11.1. The number of hydrogen-bond acceptors (Lipinski definition) is 6. The van der Waals surface area contributed by atoms with Crippen LogP contribution < -0.4 is 10.1 Å². The zero-order valence-corrected chi connectivity index (χ0v) is 13.7. The first-order valence-electron chi connectivity index (χ1n) is 7.75. The lowest BCUT2D eigenvalue weighted by Gasteiger charge is -2.35. The topological polar surface area (TPSA) is 67.3 Å². The summed E-state index contributed by atoms with van der Waals surface area (Å²) in [6.45, 7) is 2.58. The number of rotatable bonds is 5. The van der Waals surface area contributed by atoms with E-state index in [4.69, 9.17) is 4.74 Å². The van der Waals surface area contributed by atoms with Gasteiger partial charge in [-0.1, -0.05) is 4.49 Å². The maximum absolute atomic E-state index is 12.9. The van der Waals surface area contributed by atoms with Crippen molar-refractivity contribution in [1.82, 2.24) is 14.9 Å². The largest absolute Gasteiger partial charge is 0.488 e. The summed E-state index contributed by atoms with van der Waals surface area (Å²) in [7, 11) is 0. The fraction of sp³-hybridized carbons (Fsp3) is 0.500. The van der Waals surface area contributed by atoms with Crippen molar-refractivity contribution in [2.45, 2.75) is 51.0 Å². The molecule has 0 aliphatic heterocycles. The van der Waals surface area contributed by atoms with Crippen LogP contribution in [0.4, 0.5) is 4.39 Å². The van der Waals surface area contributed by atoms with Crippen LogP contribution >= 0.6 is 11.5 Å². The molecule has 7 heteroatoms. The molecule has 1 aromatic carbocycles. The predicted molar refractivity (Wildman–Crippen MR) is 85.9 cm³/mol. The van der Waals surface area contributed by atoms with E-state index in [9.17, 15) is 9.50 Å². The maximum Gasteiger partial charge on any atom is 0.126 e. The van der Waals surface area contributed by atoms with Crippen molar-refractivity contribution in [1.29, 1.82) is 0 Å². The number of aromatic nitrogens is 2. The fourth-order valence-corrected chi connectivity index (χ4v) is 3.40. The Morgan fingerprint density at radius 3 is 2.83 bits per heavy atom. The third-order valence-electron chi connectivity index (χ3n) is 4.17. The SMILES string of the molecule is Cc1nnsc1CN[C@H]1CCC[C@@H](Oc2ccc(F)cc2)[C@@H]1O. The van der Waals surface area contributed by atoms with Crippen molar-refractivity contribution < 1.29 is 14.2 Å². The van der Waals surface area contributed by atoms with Crippen molar-refractivity contribution in [3.63, 3.8) is 0 Å². The molecule has 5 nitrogen and oxygen atoms in total. The number of halogens is 1. The van der Waals surface area contributed by atoms with E-state index in [1.807, 2.05) is 6.92 Å². The Kier molecular flexibility index (Phi) is 5.20. The predicted octanol–water partition coefficient (Wildman–Crippen LogP) is 2.44. The van der Waals surface area contributed by atoms with E-state index in [0.717, 1.165) is 29.8 Å². The molecule has 124 valence electrons. The standard InChI is InChI=1S/C16H20FN3O2S/c1-10-15(23-20-19-10)9-18-13-3-2-4-14(16(13)21)22-12-7-5-11(17)6-8-12/h5-8,13-14,16,18,21H,2-4,9H2,1H3/t13-,14+,16+/m0/s1. The van der Waals surface area contributed by atoms with Crippen LogP contribution in [0.25, 0.3) is 0 Å². The lowest BCUT2D eigenvalue weighted by Crippen LogP contribution is -2.50. The summed E-state index contributed by atoms with van der Waals surface area (Å²) in [5.41, 5.74) is 0.923. The molecule has 2 aromatic rings. The number of aliphatic hydroxyl groups excluding tert-OH is 1. The molecule has 0 bridgehead atoms. The monoisotopic (exact) mass is 337 g/mol. The van der Waals surface area contributed by atoms with Gasteiger partial charge in [-0.3, -0.25) is 0 Å². The van der Waals surface area contributed by atoms with Crippen LogP contribution in [0.15, 0.2) is 24.3 Å². The molecule has 1 aliphatic carbocycles. The van der Waals surface area contributed by atoms with E-state index in [2.05, 4.69) is 14.9 Å². The van der Waals surface area contributed by atoms with Crippen molar-refractivity contribution in [3.8, 4) is 5.75 Å². The minimum absolute atomic E-state index is 0.0318. The molecule has 1 saturated carbocycles. The van der Waals surface area contributed by atoms with Gasteiger partial charge in [-0.25, -0.2) is 4.39 Å². The number of benzene rings is 1. The smallest absolute Gasteiger partial charge is 0.126 e. The van der Waals surface area contributed by atoms with E-state index in [-0.39, 0.29) is 18.0 Å². The normalized spacial score (nSPS) is 24.6. The molecule has 0 spiro atoms. The molecular weight excluding hydrogens is 317 g/mol. The number of ether oxygens (including phenoxy) is 1. The lowest BCUT2D eigenvalue weighted by atomic mass is 9.90. The summed E-state index contributed by atoms with van der Waals surface area (Å²) in [6, 6.07) is 5.87. The number of hydrogen-bond donors (Lipinski definition) is 2. The first kappa shape index (κ1) is 16.3. The van der Waals surface area contributed by atoms with Gasteiger partial charge in [0.25, 0.3) is 0 Å². The molecule has 0 amide bonds. The van der Waals surface area contributed by atoms with Gasteiger partial charge in [0.15, 0.2) is 0 Å².